The minimum atomic E-state index is 0.790. The van der Waals surface area contributed by atoms with E-state index in [4.69, 9.17) is 4.52 Å². The van der Waals surface area contributed by atoms with Gasteiger partial charge >= 0.3 is 0 Å². The normalized spacial score (nSPS) is 14.9. The van der Waals surface area contributed by atoms with Crippen molar-refractivity contribution in [2.45, 2.75) is 13.5 Å². The van der Waals surface area contributed by atoms with Crippen LogP contribution in [0.5, 0.6) is 0 Å². The molecule has 170 valence electrons. The summed E-state index contributed by atoms with van der Waals surface area (Å²) >= 11 is 0. The van der Waals surface area contributed by atoms with Gasteiger partial charge in [-0.25, -0.2) is 0 Å². The predicted octanol–water partition coefficient (Wildman–Crippen LogP) is 5.14. The molecule has 0 atom stereocenters. The SMILES string of the molecule is CCN(CCN1CCN(c2ccccc2)CC1)Cc1cc(-c2cccc3ccccc23)no1. The Balaban J connectivity index is 1.16. The lowest BCUT2D eigenvalue weighted by atomic mass is 10.0. The van der Waals surface area contributed by atoms with Crippen LogP contribution in [0.4, 0.5) is 5.69 Å². The number of aromatic nitrogens is 1. The molecule has 1 aromatic heterocycles. The molecule has 0 unspecified atom stereocenters. The Labute approximate surface area is 196 Å². The molecule has 1 fully saturated rings. The van der Waals surface area contributed by atoms with E-state index in [1.165, 1.54) is 16.5 Å². The summed E-state index contributed by atoms with van der Waals surface area (Å²) < 4.78 is 5.74. The van der Waals surface area contributed by atoms with Gasteiger partial charge in [-0.15, -0.1) is 0 Å². The molecule has 1 aliphatic rings. The molecule has 0 aliphatic carbocycles. The van der Waals surface area contributed by atoms with Gasteiger partial charge in [0.15, 0.2) is 5.76 Å². The van der Waals surface area contributed by atoms with Crippen molar-refractivity contribution in [3.05, 3.63) is 84.6 Å². The molecular formula is C28H32N4O. The zero-order valence-corrected chi connectivity index (χ0v) is 19.4. The predicted molar refractivity (Wildman–Crippen MR) is 135 cm³/mol. The molecule has 0 radical (unpaired) electrons. The molecule has 3 aromatic carbocycles. The number of hydrogen-bond donors (Lipinski definition) is 0. The van der Waals surface area contributed by atoms with Crippen LogP contribution in [0.3, 0.4) is 0 Å². The van der Waals surface area contributed by atoms with E-state index in [9.17, 15) is 0 Å². The van der Waals surface area contributed by atoms with Crippen molar-refractivity contribution in [1.82, 2.24) is 15.0 Å². The molecule has 0 N–H and O–H groups in total. The minimum absolute atomic E-state index is 0.790. The largest absolute Gasteiger partial charge is 0.369 e. The number of benzene rings is 3. The number of piperazine rings is 1. The summed E-state index contributed by atoms with van der Waals surface area (Å²) in [5, 5.41) is 6.83. The maximum atomic E-state index is 5.74. The first-order chi connectivity index (χ1) is 16.3. The van der Waals surface area contributed by atoms with E-state index >= 15 is 0 Å². The standard InChI is InChI=1S/C28H32N4O/c1-2-30(15-16-31-17-19-32(20-18-31)24-11-4-3-5-12-24)22-25-21-28(29-33-25)27-14-8-10-23-9-6-7-13-26(23)27/h3-14,21H,2,15-20,22H2,1H3. The zero-order chi connectivity index (χ0) is 22.5. The van der Waals surface area contributed by atoms with Crippen LogP contribution in [0.25, 0.3) is 22.0 Å². The Morgan fingerprint density at radius 2 is 1.64 bits per heavy atom. The number of nitrogens with zero attached hydrogens (tertiary/aromatic N) is 4. The maximum absolute atomic E-state index is 5.74. The summed E-state index contributed by atoms with van der Waals surface area (Å²) in [5.74, 6) is 0.925. The average molecular weight is 441 g/mol. The van der Waals surface area contributed by atoms with Crippen LogP contribution >= 0.6 is 0 Å². The van der Waals surface area contributed by atoms with E-state index in [1.54, 1.807) is 0 Å². The average Bonchev–Trinajstić information content (AvgIpc) is 3.35. The maximum Gasteiger partial charge on any atom is 0.151 e. The van der Waals surface area contributed by atoms with Gasteiger partial charge in [0, 0.05) is 56.6 Å². The topological polar surface area (TPSA) is 35.8 Å². The van der Waals surface area contributed by atoms with Crippen LogP contribution in [0.15, 0.2) is 83.4 Å². The Kier molecular flexibility index (Phi) is 6.70. The van der Waals surface area contributed by atoms with Gasteiger partial charge in [0.2, 0.25) is 0 Å². The highest BCUT2D eigenvalue weighted by Crippen LogP contribution is 2.28. The van der Waals surface area contributed by atoms with Gasteiger partial charge in [0.05, 0.1) is 6.54 Å². The van der Waals surface area contributed by atoms with E-state index in [-0.39, 0.29) is 0 Å². The zero-order valence-electron chi connectivity index (χ0n) is 19.4. The highest BCUT2D eigenvalue weighted by atomic mass is 16.5. The van der Waals surface area contributed by atoms with Gasteiger partial charge in [-0.2, -0.15) is 0 Å². The first-order valence-electron chi connectivity index (χ1n) is 12.0. The first-order valence-corrected chi connectivity index (χ1v) is 12.0. The van der Waals surface area contributed by atoms with Crippen molar-refractivity contribution in [2.24, 2.45) is 0 Å². The van der Waals surface area contributed by atoms with Gasteiger partial charge in [-0.05, 0) is 29.4 Å². The number of para-hydroxylation sites is 1. The Morgan fingerprint density at radius 3 is 2.45 bits per heavy atom. The van der Waals surface area contributed by atoms with E-state index in [2.05, 4.69) is 106 Å². The van der Waals surface area contributed by atoms with Crippen LogP contribution in [0.2, 0.25) is 0 Å². The number of fused-ring (bicyclic) bond motifs is 1. The quantitative estimate of drug-likeness (QED) is 0.379. The van der Waals surface area contributed by atoms with Crippen LogP contribution in [-0.2, 0) is 6.54 Å². The Bertz CT molecular complexity index is 1160. The monoisotopic (exact) mass is 440 g/mol. The summed E-state index contributed by atoms with van der Waals surface area (Å²) in [4.78, 5) is 7.50. The summed E-state index contributed by atoms with van der Waals surface area (Å²) in [6.45, 7) is 10.5. The Hall–Kier alpha value is -3.15. The van der Waals surface area contributed by atoms with Crippen molar-refractivity contribution in [3.63, 3.8) is 0 Å². The fourth-order valence-corrected chi connectivity index (χ4v) is 4.68. The molecule has 5 nitrogen and oxygen atoms in total. The van der Waals surface area contributed by atoms with Crippen molar-refractivity contribution >= 4 is 16.5 Å². The molecule has 4 aromatic rings. The summed E-state index contributed by atoms with van der Waals surface area (Å²) in [6.07, 6.45) is 0. The van der Waals surface area contributed by atoms with Gasteiger partial charge in [0.1, 0.15) is 5.69 Å². The second-order valence-electron chi connectivity index (χ2n) is 8.74. The molecule has 0 saturated carbocycles. The molecule has 0 amide bonds. The fraction of sp³-hybridized carbons (Fsp3) is 0.321. The summed E-state index contributed by atoms with van der Waals surface area (Å²) in [5.41, 5.74) is 3.37. The van der Waals surface area contributed by atoms with Crippen molar-refractivity contribution in [3.8, 4) is 11.3 Å². The van der Waals surface area contributed by atoms with Crippen LogP contribution in [0.1, 0.15) is 12.7 Å². The van der Waals surface area contributed by atoms with E-state index in [0.717, 1.165) is 69.4 Å². The molecule has 1 aliphatic heterocycles. The summed E-state index contributed by atoms with van der Waals surface area (Å²) in [6, 6.07) is 27.6. The molecule has 0 bridgehead atoms. The van der Waals surface area contributed by atoms with E-state index in [1.807, 2.05) is 0 Å². The van der Waals surface area contributed by atoms with Gasteiger partial charge < -0.3 is 9.42 Å². The fourth-order valence-electron chi connectivity index (χ4n) is 4.68. The van der Waals surface area contributed by atoms with E-state index < -0.39 is 0 Å². The Morgan fingerprint density at radius 1 is 0.879 bits per heavy atom. The third kappa shape index (κ3) is 5.10. The van der Waals surface area contributed by atoms with Crippen LogP contribution < -0.4 is 4.90 Å². The van der Waals surface area contributed by atoms with E-state index in [0.29, 0.717) is 0 Å². The molecule has 5 heteroatoms. The molecule has 5 rings (SSSR count). The highest BCUT2D eigenvalue weighted by molar-refractivity contribution is 5.95. The first kappa shape index (κ1) is 21.7. The molecule has 2 heterocycles. The lowest BCUT2D eigenvalue weighted by Crippen LogP contribution is -2.48. The summed E-state index contributed by atoms with van der Waals surface area (Å²) in [7, 11) is 0. The van der Waals surface area contributed by atoms with Gasteiger partial charge in [0.25, 0.3) is 0 Å². The third-order valence-electron chi connectivity index (χ3n) is 6.68. The number of hydrogen-bond acceptors (Lipinski definition) is 5. The molecule has 0 spiro atoms. The van der Waals surface area contributed by atoms with Crippen molar-refractivity contribution < 1.29 is 4.52 Å². The second kappa shape index (κ2) is 10.2. The van der Waals surface area contributed by atoms with Gasteiger partial charge in [-0.1, -0.05) is 72.7 Å². The van der Waals surface area contributed by atoms with Crippen LogP contribution in [0, 0.1) is 0 Å². The number of rotatable bonds is 8. The molecule has 1 saturated heterocycles. The lowest BCUT2D eigenvalue weighted by Gasteiger charge is -2.36. The van der Waals surface area contributed by atoms with Crippen molar-refractivity contribution in [2.75, 3.05) is 50.7 Å². The number of likely N-dealkylation sites (N-methyl/N-ethyl adjacent to an activating group) is 1. The minimum Gasteiger partial charge on any atom is -0.369 e. The van der Waals surface area contributed by atoms with Gasteiger partial charge in [-0.3, -0.25) is 9.80 Å². The number of anilines is 1. The van der Waals surface area contributed by atoms with Crippen LogP contribution in [-0.4, -0.2) is 60.8 Å². The smallest absolute Gasteiger partial charge is 0.151 e. The highest BCUT2D eigenvalue weighted by Gasteiger charge is 2.18. The lowest BCUT2D eigenvalue weighted by molar-refractivity contribution is 0.185. The molecular weight excluding hydrogens is 408 g/mol. The van der Waals surface area contributed by atoms with Crippen molar-refractivity contribution in [1.29, 1.82) is 0 Å². The molecule has 33 heavy (non-hydrogen) atoms. The third-order valence-corrected chi connectivity index (χ3v) is 6.68. The second-order valence-corrected chi connectivity index (χ2v) is 8.74.